The summed E-state index contributed by atoms with van der Waals surface area (Å²) in [4.78, 5) is 2.48. The molecule has 0 saturated heterocycles. The molecule has 0 saturated carbocycles. The Morgan fingerprint density at radius 3 is 2.26 bits per heavy atom. The number of nitrogens with zero attached hydrogens (tertiary/aromatic N) is 1. The average Bonchev–Trinajstić information content (AvgIpc) is 2.71. The summed E-state index contributed by atoms with van der Waals surface area (Å²) in [6.45, 7) is 1.76. The Balaban J connectivity index is 1.80. The Labute approximate surface area is 164 Å². The maximum atomic E-state index is 6.62. The molecule has 0 spiro atoms. The van der Waals surface area contributed by atoms with Crippen LogP contribution in [0.25, 0.3) is 0 Å². The predicted molar refractivity (Wildman–Crippen MR) is 105 cm³/mol. The molecule has 2 aliphatic rings. The number of ether oxygens (including phenoxy) is 4. The van der Waals surface area contributed by atoms with Gasteiger partial charge in [-0.1, -0.05) is 11.6 Å². The van der Waals surface area contributed by atoms with Gasteiger partial charge >= 0.3 is 0 Å². The lowest BCUT2D eigenvalue weighted by Crippen LogP contribution is -2.39. The van der Waals surface area contributed by atoms with Crippen LogP contribution in [-0.4, -0.2) is 39.9 Å². The Morgan fingerprint density at radius 2 is 1.59 bits per heavy atom. The first-order valence-corrected chi connectivity index (χ1v) is 9.40. The van der Waals surface area contributed by atoms with Crippen LogP contribution in [0, 0.1) is 0 Å². The SMILES string of the molecule is COc1cc2c(cc1OC)C1Cc3c(Cl)cc(OC)c(OC)c3CN1CC2. The van der Waals surface area contributed by atoms with Crippen molar-refractivity contribution in [3.05, 3.63) is 45.5 Å². The van der Waals surface area contributed by atoms with Gasteiger partial charge < -0.3 is 18.9 Å². The molecule has 5 nitrogen and oxygen atoms in total. The minimum atomic E-state index is 0.261. The van der Waals surface area contributed by atoms with E-state index >= 15 is 0 Å². The summed E-state index contributed by atoms with van der Waals surface area (Å²) in [6, 6.07) is 6.34. The van der Waals surface area contributed by atoms with Gasteiger partial charge in [0.15, 0.2) is 23.0 Å². The molecule has 27 heavy (non-hydrogen) atoms. The highest BCUT2D eigenvalue weighted by molar-refractivity contribution is 6.31. The second kappa shape index (κ2) is 7.13. The van der Waals surface area contributed by atoms with Crippen LogP contribution >= 0.6 is 11.6 Å². The third-order valence-corrected chi connectivity index (χ3v) is 6.04. The summed E-state index contributed by atoms with van der Waals surface area (Å²) in [5, 5.41) is 0.731. The minimum Gasteiger partial charge on any atom is -0.493 e. The van der Waals surface area contributed by atoms with Gasteiger partial charge in [-0.2, -0.15) is 0 Å². The highest BCUT2D eigenvalue weighted by Crippen LogP contribution is 2.47. The van der Waals surface area contributed by atoms with E-state index in [1.54, 1.807) is 28.4 Å². The predicted octanol–water partition coefficient (Wildman–Crippen LogP) is 4.03. The van der Waals surface area contributed by atoms with Crippen LogP contribution in [0.3, 0.4) is 0 Å². The molecule has 1 atom stereocenters. The van der Waals surface area contributed by atoms with Gasteiger partial charge in [-0.05, 0) is 41.7 Å². The Hall–Kier alpha value is -2.11. The third kappa shape index (κ3) is 2.89. The van der Waals surface area contributed by atoms with Gasteiger partial charge in [-0.3, -0.25) is 4.90 Å². The average molecular weight is 390 g/mol. The van der Waals surface area contributed by atoms with Crippen LogP contribution in [0.15, 0.2) is 18.2 Å². The molecule has 2 aliphatic heterocycles. The Morgan fingerprint density at radius 1 is 0.889 bits per heavy atom. The third-order valence-electron chi connectivity index (χ3n) is 5.70. The molecule has 2 aromatic rings. The number of hydrogen-bond donors (Lipinski definition) is 0. The normalized spacial score (nSPS) is 18.2. The molecule has 2 aromatic carbocycles. The maximum Gasteiger partial charge on any atom is 0.165 e. The highest BCUT2D eigenvalue weighted by atomic mass is 35.5. The number of benzene rings is 2. The molecule has 0 bridgehead atoms. The number of rotatable bonds is 4. The molecule has 144 valence electrons. The first-order valence-electron chi connectivity index (χ1n) is 9.02. The van der Waals surface area contributed by atoms with Crippen molar-refractivity contribution in [2.45, 2.75) is 25.4 Å². The fourth-order valence-electron chi connectivity index (χ4n) is 4.37. The summed E-state index contributed by atoms with van der Waals surface area (Å²) >= 11 is 6.62. The standard InChI is InChI=1S/C21H24ClNO4/c1-24-18-7-12-5-6-23-11-15-14(8-17(23)13(12)9-19(18)25-2)16(22)10-20(26-3)21(15)27-4/h7,9-10,17H,5-6,8,11H2,1-4H3. The van der Waals surface area contributed by atoms with Crippen molar-refractivity contribution >= 4 is 11.6 Å². The number of halogens is 1. The first-order chi connectivity index (χ1) is 13.1. The van der Waals surface area contributed by atoms with Crippen molar-refractivity contribution in [2.75, 3.05) is 35.0 Å². The maximum absolute atomic E-state index is 6.62. The van der Waals surface area contributed by atoms with Crippen molar-refractivity contribution in [1.82, 2.24) is 4.90 Å². The number of fused-ring (bicyclic) bond motifs is 4. The van der Waals surface area contributed by atoms with Gasteiger partial charge in [0.25, 0.3) is 0 Å². The van der Waals surface area contributed by atoms with Gasteiger partial charge in [-0.25, -0.2) is 0 Å². The van der Waals surface area contributed by atoms with Crippen LogP contribution < -0.4 is 18.9 Å². The molecule has 0 aliphatic carbocycles. The monoisotopic (exact) mass is 389 g/mol. The van der Waals surface area contributed by atoms with Crippen LogP contribution in [0.1, 0.15) is 28.3 Å². The second-order valence-electron chi connectivity index (χ2n) is 6.90. The van der Waals surface area contributed by atoms with E-state index in [0.717, 1.165) is 59.3 Å². The lowest BCUT2D eigenvalue weighted by atomic mass is 9.83. The molecule has 2 heterocycles. The summed E-state index contributed by atoms with van der Waals surface area (Å²) in [5.41, 5.74) is 4.87. The number of hydrogen-bond acceptors (Lipinski definition) is 5. The van der Waals surface area contributed by atoms with Crippen molar-refractivity contribution < 1.29 is 18.9 Å². The minimum absolute atomic E-state index is 0.261. The van der Waals surface area contributed by atoms with Crippen molar-refractivity contribution in [3.63, 3.8) is 0 Å². The molecule has 0 fully saturated rings. The van der Waals surface area contributed by atoms with Crippen LogP contribution in [0.4, 0.5) is 0 Å². The van der Waals surface area contributed by atoms with E-state index in [0.29, 0.717) is 5.75 Å². The van der Waals surface area contributed by atoms with E-state index in [2.05, 4.69) is 17.0 Å². The zero-order chi connectivity index (χ0) is 19.1. The molecule has 0 aromatic heterocycles. The van der Waals surface area contributed by atoms with Crippen molar-refractivity contribution in [1.29, 1.82) is 0 Å². The van der Waals surface area contributed by atoms with E-state index in [-0.39, 0.29) is 6.04 Å². The van der Waals surface area contributed by atoms with Crippen LogP contribution in [0.5, 0.6) is 23.0 Å². The Bertz CT molecular complexity index is 883. The summed E-state index contributed by atoms with van der Waals surface area (Å²) in [7, 11) is 6.68. The number of methoxy groups -OCH3 is 4. The second-order valence-corrected chi connectivity index (χ2v) is 7.30. The molecule has 0 N–H and O–H groups in total. The zero-order valence-electron chi connectivity index (χ0n) is 16.1. The summed E-state index contributed by atoms with van der Waals surface area (Å²) in [6.07, 6.45) is 1.80. The van der Waals surface area contributed by atoms with E-state index < -0.39 is 0 Å². The van der Waals surface area contributed by atoms with Crippen molar-refractivity contribution in [2.24, 2.45) is 0 Å². The Kier molecular flexibility index (Phi) is 4.82. The van der Waals surface area contributed by atoms with E-state index in [1.807, 2.05) is 6.07 Å². The first kappa shape index (κ1) is 18.3. The lowest BCUT2D eigenvalue weighted by molar-refractivity contribution is 0.157. The van der Waals surface area contributed by atoms with E-state index in [9.17, 15) is 0 Å². The van der Waals surface area contributed by atoms with Gasteiger partial charge in [0.05, 0.1) is 28.4 Å². The molecular formula is C21H24ClNO4. The van der Waals surface area contributed by atoms with E-state index in [1.165, 1.54) is 11.1 Å². The molecule has 6 heteroatoms. The van der Waals surface area contributed by atoms with E-state index in [4.69, 9.17) is 30.5 Å². The quantitative estimate of drug-likeness (QED) is 0.789. The molecular weight excluding hydrogens is 366 g/mol. The fourth-order valence-corrected chi connectivity index (χ4v) is 4.66. The molecule has 0 radical (unpaired) electrons. The van der Waals surface area contributed by atoms with Crippen LogP contribution in [-0.2, 0) is 19.4 Å². The molecule has 1 unspecified atom stereocenters. The van der Waals surface area contributed by atoms with Gasteiger partial charge in [0.2, 0.25) is 0 Å². The lowest BCUT2D eigenvalue weighted by Gasteiger charge is -2.42. The smallest absolute Gasteiger partial charge is 0.165 e. The van der Waals surface area contributed by atoms with Gasteiger partial charge in [0.1, 0.15) is 0 Å². The fraction of sp³-hybridized carbons (Fsp3) is 0.429. The van der Waals surface area contributed by atoms with Gasteiger partial charge in [-0.15, -0.1) is 0 Å². The zero-order valence-corrected chi connectivity index (χ0v) is 16.9. The summed E-state index contributed by atoms with van der Waals surface area (Å²) in [5.74, 6) is 3.02. The van der Waals surface area contributed by atoms with Gasteiger partial charge in [0, 0.05) is 35.8 Å². The summed E-state index contributed by atoms with van der Waals surface area (Å²) < 4.78 is 22.1. The topological polar surface area (TPSA) is 40.2 Å². The molecule has 4 rings (SSSR count). The largest absolute Gasteiger partial charge is 0.493 e. The van der Waals surface area contributed by atoms with Crippen LogP contribution in [0.2, 0.25) is 5.02 Å². The highest BCUT2D eigenvalue weighted by Gasteiger charge is 2.36. The molecule has 0 amide bonds. The van der Waals surface area contributed by atoms with Crippen molar-refractivity contribution in [3.8, 4) is 23.0 Å².